The second-order valence-corrected chi connectivity index (χ2v) is 10.9. The van der Waals surface area contributed by atoms with Gasteiger partial charge in [0.2, 0.25) is 17.7 Å². The number of fused-ring (bicyclic) bond motifs is 1. The van der Waals surface area contributed by atoms with E-state index in [4.69, 9.17) is 5.73 Å². The number of para-hydroxylation sites is 1. The zero-order valence-corrected chi connectivity index (χ0v) is 24.2. The number of nitrogens with two attached hydrogens (primary N) is 1. The lowest BCUT2D eigenvalue weighted by atomic mass is 10.0. The fourth-order valence-electron chi connectivity index (χ4n) is 4.41. The molecule has 3 amide bonds. The molecule has 0 spiro atoms. The number of carboxylic acids is 2. The largest absolute Gasteiger partial charge is 0.508 e. The molecule has 1 aromatic heterocycles. The average Bonchev–Trinajstić information content (AvgIpc) is 3.37. The van der Waals surface area contributed by atoms with E-state index in [9.17, 15) is 39.3 Å². The molecule has 0 bridgehead atoms. The van der Waals surface area contributed by atoms with E-state index in [0.29, 0.717) is 16.9 Å². The van der Waals surface area contributed by atoms with Crippen molar-refractivity contribution in [2.24, 2.45) is 5.73 Å². The Bertz CT molecular complexity index is 1440. The Morgan fingerprint density at radius 2 is 1.49 bits per heavy atom. The van der Waals surface area contributed by atoms with Crippen molar-refractivity contribution in [2.75, 3.05) is 12.0 Å². The van der Waals surface area contributed by atoms with Gasteiger partial charge in [-0.3, -0.25) is 19.2 Å². The summed E-state index contributed by atoms with van der Waals surface area (Å²) in [6.07, 6.45) is 2.81. The van der Waals surface area contributed by atoms with Crippen molar-refractivity contribution < 1.29 is 39.3 Å². The van der Waals surface area contributed by atoms with Gasteiger partial charge in [0.1, 0.15) is 23.9 Å². The van der Waals surface area contributed by atoms with Crippen LogP contribution in [0.5, 0.6) is 5.75 Å². The Morgan fingerprint density at radius 3 is 2.14 bits per heavy atom. The number of rotatable bonds is 16. The summed E-state index contributed by atoms with van der Waals surface area (Å²) < 4.78 is 0. The van der Waals surface area contributed by atoms with E-state index in [1.807, 2.05) is 18.2 Å². The molecule has 4 atom stereocenters. The number of phenolic OH excluding ortho intramolecular Hbond substituents is 1. The van der Waals surface area contributed by atoms with Crippen molar-refractivity contribution >= 4 is 52.3 Å². The van der Waals surface area contributed by atoms with Crippen molar-refractivity contribution in [3.05, 3.63) is 65.9 Å². The number of hydrogen-bond donors (Lipinski definition) is 8. The summed E-state index contributed by atoms with van der Waals surface area (Å²) in [7, 11) is 0. The molecule has 3 aromatic rings. The quantitative estimate of drug-likeness (QED) is 0.113. The van der Waals surface area contributed by atoms with Gasteiger partial charge in [0, 0.05) is 23.5 Å². The second kappa shape index (κ2) is 15.6. The number of nitrogens with one attached hydrogen (secondary N) is 4. The van der Waals surface area contributed by atoms with E-state index >= 15 is 0 Å². The maximum Gasteiger partial charge on any atom is 0.326 e. The first-order valence-electron chi connectivity index (χ1n) is 13.4. The molecule has 3 rings (SSSR count). The van der Waals surface area contributed by atoms with Crippen molar-refractivity contribution in [2.45, 2.75) is 49.9 Å². The van der Waals surface area contributed by atoms with Gasteiger partial charge in [-0.15, -0.1) is 0 Å². The maximum absolute atomic E-state index is 13.4. The monoisotopic (exact) mass is 613 g/mol. The normalized spacial score (nSPS) is 13.8. The lowest BCUT2D eigenvalue weighted by molar-refractivity contribution is -0.143. The minimum Gasteiger partial charge on any atom is -0.508 e. The number of aromatic nitrogens is 1. The molecule has 1 heterocycles. The molecule has 0 saturated heterocycles. The van der Waals surface area contributed by atoms with E-state index in [-0.39, 0.29) is 25.0 Å². The van der Waals surface area contributed by atoms with Crippen LogP contribution in [-0.2, 0) is 36.8 Å². The number of carbonyl (C=O) groups excluding carboxylic acids is 3. The number of benzene rings is 2. The van der Waals surface area contributed by atoms with Crippen LogP contribution in [0, 0.1) is 0 Å². The number of H-pyrrole nitrogens is 1. The Morgan fingerprint density at radius 1 is 0.860 bits per heavy atom. The molecule has 14 heteroatoms. The van der Waals surface area contributed by atoms with Gasteiger partial charge in [-0.1, -0.05) is 30.3 Å². The molecule has 0 radical (unpaired) electrons. The molecule has 0 fully saturated rings. The number of aromatic hydroxyl groups is 1. The second-order valence-electron chi connectivity index (χ2n) is 9.94. The van der Waals surface area contributed by atoms with Crippen molar-refractivity contribution in [3.63, 3.8) is 0 Å². The van der Waals surface area contributed by atoms with Gasteiger partial charge in [-0.05, 0) is 54.2 Å². The van der Waals surface area contributed by atoms with Crippen LogP contribution in [0.3, 0.4) is 0 Å². The van der Waals surface area contributed by atoms with Gasteiger partial charge in [-0.25, -0.2) is 4.79 Å². The summed E-state index contributed by atoms with van der Waals surface area (Å²) in [4.78, 5) is 66.0. The van der Waals surface area contributed by atoms with E-state index in [0.717, 1.165) is 10.9 Å². The highest BCUT2D eigenvalue weighted by molar-refractivity contribution is 7.98. The zero-order chi connectivity index (χ0) is 31.5. The average molecular weight is 614 g/mol. The van der Waals surface area contributed by atoms with Gasteiger partial charge >= 0.3 is 11.9 Å². The van der Waals surface area contributed by atoms with Gasteiger partial charge < -0.3 is 42.0 Å². The molecule has 0 aliphatic rings. The summed E-state index contributed by atoms with van der Waals surface area (Å²) in [5, 5.41) is 36.6. The highest BCUT2D eigenvalue weighted by atomic mass is 32.2. The number of hydrogen-bond acceptors (Lipinski definition) is 8. The third kappa shape index (κ3) is 9.75. The molecular formula is C29H35N5O8S. The lowest BCUT2D eigenvalue weighted by Crippen LogP contribution is -2.58. The number of amides is 3. The van der Waals surface area contributed by atoms with Gasteiger partial charge in [-0.2, -0.15) is 11.8 Å². The molecule has 13 nitrogen and oxygen atoms in total. The fraction of sp³-hybridized carbons (Fsp3) is 0.345. The Kier molecular flexibility index (Phi) is 12.0. The van der Waals surface area contributed by atoms with Crippen LogP contribution in [-0.4, -0.2) is 86.1 Å². The third-order valence-corrected chi connectivity index (χ3v) is 7.34. The lowest BCUT2D eigenvalue weighted by Gasteiger charge is -2.24. The van der Waals surface area contributed by atoms with E-state index in [2.05, 4.69) is 20.9 Å². The molecule has 43 heavy (non-hydrogen) atoms. The molecule has 9 N–H and O–H groups in total. The topological polar surface area (TPSA) is 224 Å². The van der Waals surface area contributed by atoms with E-state index < -0.39 is 60.2 Å². The van der Waals surface area contributed by atoms with Crippen LogP contribution in [0.4, 0.5) is 0 Å². The standard InChI is InChI=1S/C29H35N5O8S/c1-43-11-10-22(29(41)42)32-27(39)23(13-17-15-31-21-5-3-2-4-19(17)21)34-28(40)24(14-25(36)37)33-26(38)20(30)12-16-6-8-18(35)9-7-16/h2-9,15,20,22-24,31,35H,10-14,30H2,1H3,(H,32,39)(H,33,38)(H,34,40)(H,36,37)(H,41,42). The summed E-state index contributed by atoms with van der Waals surface area (Å²) in [5.41, 5.74) is 8.07. The van der Waals surface area contributed by atoms with E-state index in [1.165, 1.54) is 23.9 Å². The molecule has 4 unspecified atom stereocenters. The van der Waals surface area contributed by atoms with Crippen LogP contribution in [0.2, 0.25) is 0 Å². The van der Waals surface area contributed by atoms with Gasteiger partial charge in [0.05, 0.1) is 12.5 Å². The number of aromatic amines is 1. The first kappa shape index (κ1) is 32.9. The van der Waals surface area contributed by atoms with Crippen molar-refractivity contribution in [3.8, 4) is 5.75 Å². The maximum atomic E-state index is 13.4. The Balaban J connectivity index is 1.81. The van der Waals surface area contributed by atoms with Crippen LogP contribution >= 0.6 is 11.8 Å². The zero-order valence-electron chi connectivity index (χ0n) is 23.4. The van der Waals surface area contributed by atoms with Gasteiger partial charge in [0.15, 0.2) is 0 Å². The fourth-order valence-corrected chi connectivity index (χ4v) is 4.88. The number of phenols is 1. The van der Waals surface area contributed by atoms with Crippen molar-refractivity contribution in [1.29, 1.82) is 0 Å². The number of carbonyl (C=O) groups is 5. The number of thioether (sulfide) groups is 1. The molecule has 0 saturated carbocycles. The first-order chi connectivity index (χ1) is 20.5. The van der Waals surface area contributed by atoms with Crippen molar-refractivity contribution in [1.82, 2.24) is 20.9 Å². The van der Waals surface area contributed by atoms with E-state index in [1.54, 1.807) is 30.7 Å². The SMILES string of the molecule is CSCCC(NC(=O)C(Cc1c[nH]c2ccccc12)NC(=O)C(CC(=O)O)NC(=O)C(N)Cc1ccc(O)cc1)C(=O)O. The smallest absolute Gasteiger partial charge is 0.326 e. The predicted molar refractivity (Wildman–Crippen MR) is 160 cm³/mol. The third-order valence-electron chi connectivity index (χ3n) is 6.70. The molecule has 0 aliphatic heterocycles. The first-order valence-corrected chi connectivity index (χ1v) is 14.8. The highest BCUT2D eigenvalue weighted by Crippen LogP contribution is 2.19. The minimum atomic E-state index is -1.58. The van der Waals surface area contributed by atoms with Crippen LogP contribution in [0.25, 0.3) is 10.9 Å². The molecular weight excluding hydrogens is 578 g/mol. The number of aliphatic carboxylic acids is 2. The minimum absolute atomic E-state index is 0.0325. The highest BCUT2D eigenvalue weighted by Gasteiger charge is 2.32. The summed E-state index contributed by atoms with van der Waals surface area (Å²) in [6, 6.07) is 8.02. The predicted octanol–water partition coefficient (Wildman–Crippen LogP) is 0.753. The summed E-state index contributed by atoms with van der Waals surface area (Å²) in [5.74, 6) is -4.65. The van der Waals surface area contributed by atoms with Crippen LogP contribution in [0.1, 0.15) is 24.0 Å². The molecule has 2 aromatic carbocycles. The number of carboxylic acid groups (broad SMARTS) is 2. The van der Waals surface area contributed by atoms with Crippen LogP contribution in [0.15, 0.2) is 54.7 Å². The summed E-state index contributed by atoms with van der Waals surface area (Å²) >= 11 is 1.41. The Hall–Kier alpha value is -4.56. The Labute approximate surface area is 251 Å². The summed E-state index contributed by atoms with van der Waals surface area (Å²) in [6.45, 7) is 0. The molecule has 0 aliphatic carbocycles. The van der Waals surface area contributed by atoms with Gasteiger partial charge in [0.25, 0.3) is 0 Å². The molecule has 230 valence electrons. The van der Waals surface area contributed by atoms with Crippen LogP contribution < -0.4 is 21.7 Å².